The molecule has 0 amide bonds. The maximum Gasteiger partial charge on any atom is 0.227 e. The van der Waals surface area contributed by atoms with Crippen molar-refractivity contribution in [2.24, 2.45) is 10.7 Å². The van der Waals surface area contributed by atoms with E-state index in [2.05, 4.69) is 44.8 Å². The lowest BCUT2D eigenvalue weighted by atomic mass is 10.0. The van der Waals surface area contributed by atoms with Gasteiger partial charge >= 0.3 is 0 Å². The van der Waals surface area contributed by atoms with Gasteiger partial charge < -0.3 is 20.9 Å². The minimum atomic E-state index is -1.32. The van der Waals surface area contributed by atoms with Gasteiger partial charge in [0, 0.05) is 44.0 Å². The van der Waals surface area contributed by atoms with Gasteiger partial charge in [0.1, 0.15) is 17.3 Å². The highest BCUT2D eigenvalue weighted by atomic mass is 19.1. The third kappa shape index (κ3) is 4.27. The molecule has 2 fully saturated rings. The topological polar surface area (TPSA) is 108 Å². The summed E-state index contributed by atoms with van der Waals surface area (Å²) >= 11 is 0. The van der Waals surface area contributed by atoms with Gasteiger partial charge in [0.2, 0.25) is 5.79 Å². The monoisotopic (exact) mass is 467 g/mol. The number of piperazine rings is 1. The van der Waals surface area contributed by atoms with Crippen LogP contribution in [0.3, 0.4) is 0 Å². The molecule has 3 aliphatic rings. The van der Waals surface area contributed by atoms with Gasteiger partial charge in [-0.25, -0.2) is 14.4 Å². The molecule has 1 aliphatic carbocycles. The molecule has 1 saturated heterocycles. The molecule has 5 rings (SSSR count). The third-order valence-electron chi connectivity index (χ3n) is 6.76. The largest absolute Gasteiger partial charge is 0.365 e. The van der Waals surface area contributed by atoms with Crippen LogP contribution < -0.4 is 21.7 Å². The Kier molecular flexibility index (Phi) is 5.81. The first-order valence-corrected chi connectivity index (χ1v) is 12.1. The second-order valence-electron chi connectivity index (χ2n) is 9.59. The molecule has 1 saturated carbocycles. The van der Waals surface area contributed by atoms with Gasteiger partial charge in [-0.05, 0) is 58.1 Å². The minimum absolute atomic E-state index is 0.236. The fraction of sp³-hybridized carbons (Fsp3) is 0.542. The molecule has 2 aliphatic heterocycles. The van der Waals surface area contributed by atoms with Crippen molar-refractivity contribution in [3.8, 4) is 0 Å². The van der Waals surface area contributed by atoms with E-state index in [4.69, 9.17) is 10.7 Å². The molecular formula is C24H34FN9. The number of aryl methyl sites for hydroxylation is 3. The van der Waals surface area contributed by atoms with E-state index in [0.717, 1.165) is 56.2 Å². The zero-order valence-corrected chi connectivity index (χ0v) is 20.3. The summed E-state index contributed by atoms with van der Waals surface area (Å²) in [5, 5.41) is 15.0. The summed E-state index contributed by atoms with van der Waals surface area (Å²) in [5.41, 5.74) is 10.3. The zero-order chi connectivity index (χ0) is 24.0. The molecule has 0 bridgehead atoms. The third-order valence-corrected chi connectivity index (χ3v) is 6.76. The van der Waals surface area contributed by atoms with Gasteiger partial charge in [-0.2, -0.15) is 5.10 Å². The molecule has 2 aromatic rings. The van der Waals surface area contributed by atoms with Crippen LogP contribution in [-0.2, 0) is 12.3 Å². The number of aliphatic imine (C=N–C) groups is 1. The highest BCUT2D eigenvalue weighted by Crippen LogP contribution is 2.42. The molecule has 34 heavy (non-hydrogen) atoms. The lowest BCUT2D eigenvalue weighted by molar-refractivity contribution is 0.257. The van der Waals surface area contributed by atoms with Crippen molar-refractivity contribution in [1.82, 2.24) is 30.3 Å². The highest BCUT2D eigenvalue weighted by molar-refractivity contribution is 5.81. The van der Waals surface area contributed by atoms with Crippen molar-refractivity contribution in [1.29, 1.82) is 0 Å². The summed E-state index contributed by atoms with van der Waals surface area (Å²) in [6, 6.07) is 4.13. The van der Waals surface area contributed by atoms with Crippen LogP contribution in [0, 0.1) is 19.7 Å². The van der Waals surface area contributed by atoms with Crippen LogP contribution in [0.25, 0.3) is 0 Å². The lowest BCUT2D eigenvalue weighted by Crippen LogP contribution is -2.56. The van der Waals surface area contributed by atoms with Gasteiger partial charge in [-0.15, -0.1) is 0 Å². The predicted molar refractivity (Wildman–Crippen MR) is 131 cm³/mol. The van der Waals surface area contributed by atoms with E-state index in [1.54, 1.807) is 19.2 Å². The van der Waals surface area contributed by atoms with Crippen molar-refractivity contribution < 1.29 is 4.39 Å². The Morgan fingerprint density at radius 1 is 1.29 bits per heavy atom. The standard InChI is InChI=1S/C24H34FN9/c1-5-34-15(3)10-21(32-34)30-23-19(33-9-8-27-14(2)13-33)12-28-24(26,31-23)20-11-18(17-6-7-17)22(25)16(4)29-20/h10-12,14,17,27,31H,5-9,13,26H2,1-4H3,(H,30,32). The van der Waals surface area contributed by atoms with Crippen molar-refractivity contribution in [2.75, 3.05) is 25.0 Å². The Bertz CT molecular complexity index is 1150. The van der Waals surface area contributed by atoms with E-state index in [-0.39, 0.29) is 11.7 Å². The molecule has 4 heterocycles. The van der Waals surface area contributed by atoms with Crippen LogP contribution in [-0.4, -0.2) is 51.6 Å². The molecule has 0 aromatic carbocycles. The van der Waals surface area contributed by atoms with E-state index in [1.165, 1.54) is 0 Å². The minimum Gasteiger partial charge on any atom is -0.365 e. The van der Waals surface area contributed by atoms with Gasteiger partial charge in [-0.3, -0.25) is 10.4 Å². The van der Waals surface area contributed by atoms with Crippen molar-refractivity contribution in [2.45, 2.75) is 64.8 Å². The summed E-state index contributed by atoms with van der Waals surface area (Å²) in [7, 11) is 0. The summed E-state index contributed by atoms with van der Waals surface area (Å²) in [6.45, 7) is 11.3. The van der Waals surface area contributed by atoms with Crippen molar-refractivity contribution >= 4 is 12.0 Å². The Balaban J connectivity index is 1.52. The summed E-state index contributed by atoms with van der Waals surface area (Å²) in [5.74, 6) is 0.116. The Labute approximate surface area is 199 Å². The van der Waals surface area contributed by atoms with Crippen LogP contribution in [0.2, 0.25) is 0 Å². The van der Waals surface area contributed by atoms with Crippen LogP contribution in [0.1, 0.15) is 55.3 Å². The Morgan fingerprint density at radius 2 is 2.09 bits per heavy atom. The van der Waals surface area contributed by atoms with E-state index < -0.39 is 5.79 Å². The zero-order valence-electron chi connectivity index (χ0n) is 20.3. The van der Waals surface area contributed by atoms with Crippen LogP contribution in [0.4, 0.5) is 10.2 Å². The number of aromatic nitrogens is 3. The first-order chi connectivity index (χ1) is 16.3. The maximum atomic E-state index is 14.7. The number of hydrogen-bond donors (Lipinski definition) is 4. The molecule has 9 nitrogen and oxygen atoms in total. The Morgan fingerprint density at radius 3 is 2.76 bits per heavy atom. The number of nitrogens with two attached hydrogens (primary N) is 1. The molecule has 2 unspecified atom stereocenters. The van der Waals surface area contributed by atoms with Crippen molar-refractivity contribution in [3.05, 3.63) is 52.1 Å². The molecular weight excluding hydrogens is 433 g/mol. The van der Waals surface area contributed by atoms with E-state index >= 15 is 0 Å². The van der Waals surface area contributed by atoms with E-state index in [1.807, 2.05) is 17.7 Å². The quantitative estimate of drug-likeness (QED) is 0.516. The van der Waals surface area contributed by atoms with E-state index in [9.17, 15) is 4.39 Å². The summed E-state index contributed by atoms with van der Waals surface area (Å²) in [6.07, 6.45) is 3.79. The number of hydrogen-bond acceptors (Lipinski definition) is 8. The van der Waals surface area contributed by atoms with Gasteiger partial charge in [-0.1, -0.05) is 0 Å². The van der Waals surface area contributed by atoms with Crippen LogP contribution in [0.15, 0.2) is 28.6 Å². The number of rotatable bonds is 6. The number of pyridine rings is 1. The number of nitrogens with one attached hydrogen (secondary N) is 3. The first-order valence-electron chi connectivity index (χ1n) is 12.1. The van der Waals surface area contributed by atoms with E-state index in [0.29, 0.717) is 28.8 Å². The molecule has 5 N–H and O–H groups in total. The molecule has 2 aromatic heterocycles. The highest BCUT2D eigenvalue weighted by Gasteiger charge is 2.37. The maximum absolute atomic E-state index is 14.7. The second-order valence-corrected chi connectivity index (χ2v) is 9.59. The fourth-order valence-corrected chi connectivity index (χ4v) is 4.72. The number of anilines is 1. The summed E-state index contributed by atoms with van der Waals surface area (Å²) < 4.78 is 16.7. The smallest absolute Gasteiger partial charge is 0.227 e. The van der Waals surface area contributed by atoms with Gasteiger partial charge in [0.05, 0.1) is 17.6 Å². The van der Waals surface area contributed by atoms with Crippen LogP contribution >= 0.6 is 0 Å². The van der Waals surface area contributed by atoms with Crippen LogP contribution in [0.5, 0.6) is 0 Å². The Hall–Kier alpha value is -2.98. The molecule has 0 spiro atoms. The molecule has 10 heteroatoms. The van der Waals surface area contributed by atoms with Gasteiger partial charge in [0.25, 0.3) is 0 Å². The first kappa shape index (κ1) is 22.8. The predicted octanol–water partition coefficient (Wildman–Crippen LogP) is 2.25. The normalized spacial score (nSPS) is 25.0. The summed E-state index contributed by atoms with van der Waals surface area (Å²) in [4.78, 5) is 11.5. The fourth-order valence-electron chi connectivity index (χ4n) is 4.72. The number of halogens is 1. The van der Waals surface area contributed by atoms with Crippen molar-refractivity contribution in [3.63, 3.8) is 0 Å². The lowest BCUT2D eigenvalue weighted by Gasteiger charge is -2.39. The molecule has 0 radical (unpaired) electrons. The number of allylic oxidation sites excluding steroid dienone is 1. The van der Waals surface area contributed by atoms with Gasteiger partial charge in [0.15, 0.2) is 5.82 Å². The average Bonchev–Trinajstić information content (AvgIpc) is 3.58. The molecule has 2 atom stereocenters. The SMILES string of the molecule is CCn1nc(NC2=C(N3CCNC(C)C3)C=NC(N)(c3cc(C4CC4)c(F)c(C)n3)N2)cc1C. The molecule has 182 valence electrons. The second kappa shape index (κ2) is 8.66. The number of nitrogens with zero attached hydrogens (tertiary/aromatic N) is 5. The average molecular weight is 468 g/mol.